The van der Waals surface area contributed by atoms with Gasteiger partial charge >= 0.3 is 0 Å². The maximum Gasteiger partial charge on any atom is 0.112 e. The van der Waals surface area contributed by atoms with Crippen LogP contribution in [-0.4, -0.2) is 30.7 Å². The van der Waals surface area contributed by atoms with Crippen LogP contribution in [0.2, 0.25) is 0 Å². The van der Waals surface area contributed by atoms with Crippen LogP contribution in [0, 0.1) is 0 Å². The number of aromatic nitrogens is 1. The van der Waals surface area contributed by atoms with E-state index in [0.29, 0.717) is 0 Å². The highest BCUT2D eigenvalue weighted by molar-refractivity contribution is 5.94. The molecule has 2 aromatic rings. The van der Waals surface area contributed by atoms with Crippen molar-refractivity contribution in [2.24, 2.45) is 7.05 Å². The minimum atomic E-state index is 0.729. The van der Waals surface area contributed by atoms with Crippen LogP contribution in [0.3, 0.4) is 0 Å². The van der Waals surface area contributed by atoms with Crippen LogP contribution in [0.5, 0.6) is 0 Å². The van der Waals surface area contributed by atoms with Gasteiger partial charge in [-0.3, -0.25) is 0 Å². The highest BCUT2D eigenvalue weighted by Crippen LogP contribution is 2.48. The zero-order valence-corrected chi connectivity index (χ0v) is 13.4. The predicted octanol–water partition coefficient (Wildman–Crippen LogP) is 3.34. The number of nitrogens with zero attached hydrogens (tertiary/aromatic N) is 2. The molecule has 116 valence electrons. The lowest BCUT2D eigenvalue weighted by Gasteiger charge is -2.41. The smallest absolute Gasteiger partial charge is 0.112 e. The number of piperidine rings is 2. The largest absolute Gasteiger partial charge is 0.358 e. The zero-order chi connectivity index (χ0) is 14.7. The topological polar surface area (TPSA) is 20.2 Å². The van der Waals surface area contributed by atoms with Crippen molar-refractivity contribution in [1.29, 1.82) is 0 Å². The molecule has 2 fully saturated rings. The van der Waals surface area contributed by atoms with Crippen molar-refractivity contribution in [2.45, 2.75) is 37.5 Å². The Hall–Kier alpha value is -1.48. The quantitative estimate of drug-likeness (QED) is 0.870. The van der Waals surface area contributed by atoms with Crippen molar-refractivity contribution < 1.29 is 0 Å². The monoisotopic (exact) mass is 295 g/mol. The van der Waals surface area contributed by atoms with Gasteiger partial charge in [0.25, 0.3) is 0 Å². The molecular weight excluding hydrogens is 270 g/mol. The number of aryl methyl sites for hydroxylation is 1. The molecule has 3 nitrogen and oxygen atoms in total. The molecule has 2 saturated heterocycles. The Bertz CT molecular complexity index is 716. The minimum Gasteiger partial charge on any atom is -0.358 e. The van der Waals surface area contributed by atoms with Crippen molar-refractivity contribution in [3.8, 4) is 0 Å². The van der Waals surface area contributed by atoms with Crippen molar-refractivity contribution in [1.82, 2.24) is 9.88 Å². The maximum absolute atomic E-state index is 3.51. The molecule has 4 aliphatic rings. The molecule has 22 heavy (non-hydrogen) atoms. The second-order valence-electron chi connectivity index (χ2n) is 7.33. The summed E-state index contributed by atoms with van der Waals surface area (Å²) in [6.07, 6.45) is 5.26. The molecule has 5 heterocycles. The molecule has 1 aromatic carbocycles. The van der Waals surface area contributed by atoms with Crippen molar-refractivity contribution in [3.63, 3.8) is 0 Å². The van der Waals surface area contributed by atoms with Gasteiger partial charge in [-0.1, -0.05) is 18.2 Å². The first-order valence-corrected chi connectivity index (χ1v) is 8.91. The number of benzene rings is 1. The van der Waals surface area contributed by atoms with Gasteiger partial charge in [0.15, 0.2) is 0 Å². The maximum atomic E-state index is 3.51. The van der Waals surface area contributed by atoms with Gasteiger partial charge in [-0.15, -0.1) is 0 Å². The number of rotatable bonds is 1. The van der Waals surface area contributed by atoms with Crippen LogP contribution in [0.25, 0.3) is 10.9 Å². The van der Waals surface area contributed by atoms with Gasteiger partial charge in [-0.25, -0.2) is 0 Å². The average molecular weight is 295 g/mol. The summed E-state index contributed by atoms with van der Waals surface area (Å²) in [7, 11) is 2.30. The lowest BCUT2D eigenvalue weighted by molar-refractivity contribution is 0.461. The van der Waals surface area contributed by atoms with Crippen LogP contribution in [0.4, 0.5) is 5.82 Å². The Morgan fingerprint density at radius 3 is 2.55 bits per heavy atom. The SMILES string of the molecule is Cn1c2c(c3cccc(C4CCNCC4)c31)C1CCN2CC1. The van der Waals surface area contributed by atoms with Gasteiger partial charge in [-0.05, 0) is 56.2 Å². The second-order valence-corrected chi connectivity index (χ2v) is 7.33. The lowest BCUT2D eigenvalue weighted by atomic mass is 9.83. The molecule has 0 atom stereocenters. The number of fused-ring (bicyclic) bond motifs is 3. The molecule has 1 N–H and O–H groups in total. The van der Waals surface area contributed by atoms with E-state index in [1.807, 2.05) is 0 Å². The van der Waals surface area contributed by atoms with Crippen molar-refractivity contribution in [2.75, 3.05) is 31.1 Å². The van der Waals surface area contributed by atoms with E-state index < -0.39 is 0 Å². The number of hydrogen-bond acceptors (Lipinski definition) is 2. The fourth-order valence-electron chi connectivity index (χ4n) is 5.19. The zero-order valence-electron chi connectivity index (χ0n) is 13.4. The molecular formula is C19H25N3. The summed E-state index contributed by atoms with van der Waals surface area (Å²) >= 11 is 0. The van der Waals surface area contributed by atoms with E-state index >= 15 is 0 Å². The van der Waals surface area contributed by atoms with E-state index in [9.17, 15) is 0 Å². The summed E-state index contributed by atoms with van der Waals surface area (Å²) in [5.74, 6) is 3.05. The van der Waals surface area contributed by atoms with Crippen molar-refractivity contribution in [3.05, 3.63) is 29.3 Å². The summed E-state index contributed by atoms with van der Waals surface area (Å²) in [4.78, 5) is 2.63. The molecule has 4 aliphatic heterocycles. The van der Waals surface area contributed by atoms with E-state index in [-0.39, 0.29) is 0 Å². The van der Waals surface area contributed by atoms with Crippen LogP contribution in [0.15, 0.2) is 18.2 Å². The minimum absolute atomic E-state index is 0.729. The van der Waals surface area contributed by atoms with Crippen LogP contribution >= 0.6 is 0 Å². The molecule has 0 amide bonds. The summed E-state index contributed by atoms with van der Waals surface area (Å²) in [5, 5.41) is 5.05. The Morgan fingerprint density at radius 1 is 1.00 bits per heavy atom. The fourth-order valence-corrected chi connectivity index (χ4v) is 5.19. The van der Waals surface area contributed by atoms with Gasteiger partial charge < -0.3 is 14.8 Å². The number of anilines is 1. The second kappa shape index (κ2) is 4.76. The van der Waals surface area contributed by atoms with E-state index in [4.69, 9.17) is 0 Å². The Morgan fingerprint density at radius 2 is 1.77 bits per heavy atom. The van der Waals surface area contributed by atoms with E-state index in [1.54, 1.807) is 16.5 Å². The summed E-state index contributed by atoms with van der Waals surface area (Å²) in [5.41, 5.74) is 4.78. The third kappa shape index (κ3) is 1.66. The molecule has 1 aromatic heterocycles. The van der Waals surface area contributed by atoms with Crippen LogP contribution in [0.1, 0.15) is 48.6 Å². The summed E-state index contributed by atoms with van der Waals surface area (Å²) < 4.78 is 2.52. The number of hydrogen-bond donors (Lipinski definition) is 1. The molecule has 0 radical (unpaired) electrons. The van der Waals surface area contributed by atoms with Gasteiger partial charge in [0.05, 0.1) is 5.52 Å². The van der Waals surface area contributed by atoms with Gasteiger partial charge in [0, 0.05) is 31.1 Å². The van der Waals surface area contributed by atoms with E-state index in [1.165, 1.54) is 63.2 Å². The standard InChI is InChI=1S/C19H25N3/c1-21-18-15(13-5-9-20-10-6-13)3-2-4-16(18)17-14-7-11-22(12-8-14)19(17)21/h2-4,13-14,20H,5-12H2,1H3. The third-order valence-corrected chi connectivity index (χ3v) is 6.23. The molecule has 0 aliphatic carbocycles. The third-order valence-electron chi connectivity index (χ3n) is 6.23. The number of para-hydroxylation sites is 1. The predicted molar refractivity (Wildman–Crippen MR) is 92.0 cm³/mol. The Labute approximate surface area is 132 Å². The highest BCUT2D eigenvalue weighted by Gasteiger charge is 2.36. The summed E-state index contributed by atoms with van der Waals surface area (Å²) in [6.45, 7) is 4.84. The molecule has 6 rings (SSSR count). The first-order valence-electron chi connectivity index (χ1n) is 8.91. The molecule has 3 heteroatoms. The normalized spacial score (nSPS) is 22.5. The van der Waals surface area contributed by atoms with Gasteiger partial charge in [0.1, 0.15) is 5.82 Å². The Balaban J connectivity index is 1.75. The molecule has 0 spiro atoms. The lowest BCUT2D eigenvalue weighted by Crippen LogP contribution is -2.39. The molecule has 0 unspecified atom stereocenters. The van der Waals surface area contributed by atoms with Crippen LogP contribution < -0.4 is 10.2 Å². The van der Waals surface area contributed by atoms with Gasteiger partial charge in [0.2, 0.25) is 0 Å². The highest BCUT2D eigenvalue weighted by atomic mass is 15.3. The average Bonchev–Trinajstić information content (AvgIpc) is 2.92. The molecule has 2 bridgehead atoms. The van der Waals surface area contributed by atoms with Crippen molar-refractivity contribution >= 4 is 16.7 Å². The summed E-state index contributed by atoms with van der Waals surface area (Å²) in [6, 6.07) is 7.07. The van der Waals surface area contributed by atoms with E-state index in [0.717, 1.165) is 11.8 Å². The van der Waals surface area contributed by atoms with Crippen LogP contribution in [-0.2, 0) is 7.05 Å². The molecule has 0 saturated carbocycles. The first-order chi connectivity index (χ1) is 10.8. The Kier molecular flexibility index (Phi) is 2.81. The fraction of sp³-hybridized carbons (Fsp3) is 0.579. The first kappa shape index (κ1) is 13.0. The van der Waals surface area contributed by atoms with Gasteiger partial charge in [-0.2, -0.15) is 0 Å². The number of nitrogens with one attached hydrogen (secondary N) is 1. The van der Waals surface area contributed by atoms with E-state index in [2.05, 4.69) is 40.0 Å².